The van der Waals surface area contributed by atoms with Crippen LogP contribution in [0.4, 0.5) is 0 Å². The van der Waals surface area contributed by atoms with Crippen LogP contribution in [0.15, 0.2) is 24.3 Å². The highest BCUT2D eigenvalue weighted by atomic mass is 14.6. The molecule has 0 fully saturated rings. The zero-order valence-corrected chi connectivity index (χ0v) is 7.17. The van der Waals surface area contributed by atoms with Gasteiger partial charge in [0.25, 0.3) is 0 Å². The van der Waals surface area contributed by atoms with E-state index in [2.05, 4.69) is 31.2 Å². The van der Waals surface area contributed by atoms with Gasteiger partial charge in [-0.3, -0.25) is 0 Å². The maximum atomic E-state index is 5.71. The maximum absolute atomic E-state index is 5.71. The molecule has 0 amide bonds. The van der Waals surface area contributed by atoms with Crippen molar-refractivity contribution in [3.63, 3.8) is 0 Å². The Morgan fingerprint density at radius 1 is 1.27 bits per heavy atom. The van der Waals surface area contributed by atoms with Gasteiger partial charge in [-0.05, 0) is 24.5 Å². The zero-order valence-electron chi connectivity index (χ0n) is 7.17. The molecule has 2 N–H and O–H groups in total. The monoisotopic (exact) mass is 149 g/mol. The molecular weight excluding hydrogens is 134 g/mol. The first-order valence-electron chi connectivity index (χ1n) is 4.08. The van der Waals surface area contributed by atoms with Crippen LogP contribution in [0.25, 0.3) is 0 Å². The summed E-state index contributed by atoms with van der Waals surface area (Å²) in [5, 5.41) is 0. The normalized spacial score (nSPS) is 13.0. The van der Waals surface area contributed by atoms with Crippen molar-refractivity contribution in [3.8, 4) is 0 Å². The number of benzene rings is 1. The van der Waals surface area contributed by atoms with Gasteiger partial charge in [-0.15, -0.1) is 0 Å². The number of hydrogen-bond acceptors (Lipinski definition) is 1. The van der Waals surface area contributed by atoms with Crippen molar-refractivity contribution in [2.75, 3.05) is 0 Å². The second-order valence-electron chi connectivity index (χ2n) is 2.88. The Bertz CT molecular complexity index is 211. The number of nitrogens with two attached hydrogens (primary N) is 1. The van der Waals surface area contributed by atoms with Gasteiger partial charge in [-0.2, -0.15) is 0 Å². The highest BCUT2D eigenvalue weighted by Gasteiger charge is 1.96. The van der Waals surface area contributed by atoms with E-state index in [-0.39, 0.29) is 6.04 Å². The van der Waals surface area contributed by atoms with Crippen molar-refractivity contribution < 1.29 is 0 Å². The van der Waals surface area contributed by atoms with Crippen LogP contribution >= 0.6 is 0 Å². The number of hydrogen-bond donors (Lipinski definition) is 1. The van der Waals surface area contributed by atoms with Crippen LogP contribution < -0.4 is 5.73 Å². The van der Waals surface area contributed by atoms with Gasteiger partial charge < -0.3 is 5.73 Å². The van der Waals surface area contributed by atoms with Crippen molar-refractivity contribution in [2.24, 2.45) is 5.73 Å². The first kappa shape index (κ1) is 8.28. The Morgan fingerprint density at radius 2 is 1.82 bits per heavy atom. The molecule has 0 bridgehead atoms. The van der Waals surface area contributed by atoms with Crippen LogP contribution in [0.5, 0.6) is 0 Å². The summed E-state index contributed by atoms with van der Waals surface area (Å²) >= 11 is 0. The molecule has 0 spiro atoms. The molecule has 0 saturated carbocycles. The molecule has 1 rings (SSSR count). The summed E-state index contributed by atoms with van der Waals surface area (Å²) in [6.07, 6.45) is 1.10. The van der Waals surface area contributed by atoms with Gasteiger partial charge in [0.1, 0.15) is 0 Å². The maximum Gasteiger partial charge on any atom is 0.0266 e. The molecule has 0 radical (unpaired) electrons. The van der Waals surface area contributed by atoms with E-state index in [9.17, 15) is 0 Å². The minimum Gasteiger partial charge on any atom is -0.324 e. The molecule has 60 valence electrons. The van der Waals surface area contributed by atoms with Gasteiger partial charge in [0.15, 0.2) is 0 Å². The summed E-state index contributed by atoms with van der Waals surface area (Å²) in [6, 6.07) is 8.63. The summed E-state index contributed by atoms with van der Waals surface area (Å²) in [7, 11) is 0. The van der Waals surface area contributed by atoms with E-state index in [4.69, 9.17) is 5.73 Å². The molecular formula is C10H15N. The van der Waals surface area contributed by atoms with Gasteiger partial charge in [0, 0.05) is 6.04 Å². The minimum atomic E-state index is 0.154. The smallest absolute Gasteiger partial charge is 0.0266 e. The molecule has 0 heterocycles. The molecule has 1 atom stereocenters. The summed E-state index contributed by atoms with van der Waals surface area (Å²) in [6.45, 7) is 4.15. The van der Waals surface area contributed by atoms with Gasteiger partial charge in [-0.1, -0.05) is 31.2 Å². The molecule has 0 aliphatic heterocycles. The third kappa shape index (κ3) is 2.05. The van der Waals surface area contributed by atoms with Gasteiger partial charge in [0.05, 0.1) is 0 Å². The summed E-state index contributed by atoms with van der Waals surface area (Å²) in [5.74, 6) is 0. The molecule has 1 nitrogen and oxygen atoms in total. The van der Waals surface area contributed by atoms with E-state index < -0.39 is 0 Å². The lowest BCUT2D eigenvalue weighted by atomic mass is 10.1. The highest BCUT2D eigenvalue weighted by Crippen LogP contribution is 2.10. The van der Waals surface area contributed by atoms with Crippen molar-refractivity contribution in [1.29, 1.82) is 0 Å². The number of rotatable bonds is 2. The summed E-state index contributed by atoms with van der Waals surface area (Å²) < 4.78 is 0. The standard InChI is InChI=1S/C10H15N/c1-3-9-4-6-10(7-5-9)8(2)11/h4-8H,3,11H2,1-2H3/t8-/m0/s1. The largest absolute Gasteiger partial charge is 0.324 e. The van der Waals surface area contributed by atoms with Crippen LogP contribution in [0.3, 0.4) is 0 Å². The van der Waals surface area contributed by atoms with Gasteiger partial charge in [-0.25, -0.2) is 0 Å². The van der Waals surface area contributed by atoms with E-state index in [0.717, 1.165) is 6.42 Å². The van der Waals surface area contributed by atoms with Crippen molar-refractivity contribution >= 4 is 0 Å². The highest BCUT2D eigenvalue weighted by molar-refractivity contribution is 5.24. The quantitative estimate of drug-likeness (QED) is 0.685. The molecule has 11 heavy (non-hydrogen) atoms. The molecule has 0 aliphatic rings. The van der Waals surface area contributed by atoms with E-state index in [1.54, 1.807) is 0 Å². The molecule has 0 unspecified atom stereocenters. The average Bonchev–Trinajstić information content (AvgIpc) is 2.05. The predicted octanol–water partition coefficient (Wildman–Crippen LogP) is 2.27. The van der Waals surface area contributed by atoms with Crippen molar-refractivity contribution in [3.05, 3.63) is 35.4 Å². The molecule has 0 saturated heterocycles. The molecule has 0 aromatic heterocycles. The van der Waals surface area contributed by atoms with E-state index in [0.29, 0.717) is 0 Å². The Balaban J connectivity index is 2.83. The van der Waals surface area contributed by atoms with Gasteiger partial charge in [0.2, 0.25) is 0 Å². The summed E-state index contributed by atoms with van der Waals surface area (Å²) in [4.78, 5) is 0. The first-order valence-corrected chi connectivity index (χ1v) is 4.08. The van der Waals surface area contributed by atoms with E-state index >= 15 is 0 Å². The third-order valence-electron chi connectivity index (χ3n) is 1.91. The topological polar surface area (TPSA) is 26.0 Å². The minimum absolute atomic E-state index is 0.154. The fraction of sp³-hybridized carbons (Fsp3) is 0.400. The van der Waals surface area contributed by atoms with Gasteiger partial charge >= 0.3 is 0 Å². The lowest BCUT2D eigenvalue weighted by Crippen LogP contribution is -2.04. The average molecular weight is 149 g/mol. The lowest BCUT2D eigenvalue weighted by Gasteiger charge is -2.05. The Kier molecular flexibility index (Phi) is 2.66. The number of aryl methyl sites for hydroxylation is 1. The Hall–Kier alpha value is -0.820. The second kappa shape index (κ2) is 3.54. The van der Waals surface area contributed by atoms with Crippen LogP contribution in [0.1, 0.15) is 31.0 Å². The molecule has 1 aromatic carbocycles. The Labute approximate surface area is 68.2 Å². The molecule has 1 heteroatoms. The zero-order chi connectivity index (χ0) is 8.27. The fourth-order valence-corrected chi connectivity index (χ4v) is 1.06. The van der Waals surface area contributed by atoms with Crippen LogP contribution in [0.2, 0.25) is 0 Å². The summed E-state index contributed by atoms with van der Waals surface area (Å²) in [5.41, 5.74) is 8.29. The third-order valence-corrected chi connectivity index (χ3v) is 1.91. The molecule has 1 aromatic rings. The fourth-order valence-electron chi connectivity index (χ4n) is 1.06. The van der Waals surface area contributed by atoms with Crippen LogP contribution in [-0.2, 0) is 6.42 Å². The lowest BCUT2D eigenvalue weighted by molar-refractivity contribution is 0.817. The van der Waals surface area contributed by atoms with Crippen molar-refractivity contribution in [1.82, 2.24) is 0 Å². The van der Waals surface area contributed by atoms with E-state index in [1.807, 2.05) is 6.92 Å². The van der Waals surface area contributed by atoms with Crippen LogP contribution in [-0.4, -0.2) is 0 Å². The van der Waals surface area contributed by atoms with Crippen LogP contribution in [0, 0.1) is 0 Å². The Morgan fingerprint density at radius 3 is 2.18 bits per heavy atom. The van der Waals surface area contributed by atoms with Crippen molar-refractivity contribution in [2.45, 2.75) is 26.3 Å². The molecule has 0 aliphatic carbocycles. The van der Waals surface area contributed by atoms with E-state index in [1.165, 1.54) is 11.1 Å². The first-order chi connectivity index (χ1) is 5.24. The second-order valence-corrected chi connectivity index (χ2v) is 2.88. The predicted molar refractivity (Wildman–Crippen MR) is 48.4 cm³/mol. The SMILES string of the molecule is CCc1ccc([C@H](C)N)cc1.